The molecule has 3 rings (SSSR count). The molecule has 1 spiro atoms. The second kappa shape index (κ2) is 5.93. The number of aromatic nitrogens is 2. The second-order valence-corrected chi connectivity index (χ2v) is 7.57. The molecule has 1 amide bonds. The molecule has 23 heavy (non-hydrogen) atoms. The van der Waals surface area contributed by atoms with Crippen molar-refractivity contribution in [1.29, 1.82) is 0 Å². The summed E-state index contributed by atoms with van der Waals surface area (Å²) >= 11 is 0. The minimum absolute atomic E-state index is 0.258. The van der Waals surface area contributed by atoms with Crippen LogP contribution in [0.4, 0.5) is 0 Å². The molecule has 2 saturated heterocycles. The Morgan fingerprint density at radius 2 is 1.83 bits per heavy atom. The van der Waals surface area contributed by atoms with Crippen LogP contribution in [0, 0.1) is 13.8 Å². The van der Waals surface area contributed by atoms with Crippen molar-refractivity contribution in [3.05, 3.63) is 17.0 Å². The smallest absolute Gasteiger partial charge is 0.242 e. The number of likely N-dealkylation sites (tertiary alicyclic amines) is 2. The molecule has 3 heterocycles. The van der Waals surface area contributed by atoms with Crippen LogP contribution in [0.2, 0.25) is 0 Å². The highest BCUT2D eigenvalue weighted by Crippen LogP contribution is 2.39. The van der Waals surface area contributed by atoms with Gasteiger partial charge in [0.05, 0.1) is 5.69 Å². The van der Waals surface area contributed by atoms with Gasteiger partial charge in [0, 0.05) is 37.4 Å². The fourth-order valence-corrected chi connectivity index (χ4v) is 4.48. The van der Waals surface area contributed by atoms with Gasteiger partial charge >= 0.3 is 0 Å². The molecule has 128 valence electrons. The van der Waals surface area contributed by atoms with E-state index in [9.17, 15) is 4.79 Å². The van der Waals surface area contributed by atoms with Crippen LogP contribution in [0.1, 0.15) is 62.5 Å². The summed E-state index contributed by atoms with van der Waals surface area (Å²) in [5.41, 5.74) is 3.40. The van der Waals surface area contributed by atoms with E-state index in [1.807, 2.05) is 11.9 Å². The van der Waals surface area contributed by atoms with Crippen molar-refractivity contribution in [1.82, 2.24) is 19.6 Å². The van der Waals surface area contributed by atoms with Crippen LogP contribution in [-0.4, -0.2) is 51.2 Å². The predicted molar refractivity (Wildman–Crippen MR) is 91.3 cm³/mol. The summed E-state index contributed by atoms with van der Waals surface area (Å²) in [6, 6.07) is 0.373. The molecule has 2 aliphatic heterocycles. The van der Waals surface area contributed by atoms with Gasteiger partial charge in [-0.2, -0.15) is 5.10 Å². The van der Waals surface area contributed by atoms with Crippen molar-refractivity contribution in [2.24, 2.45) is 0 Å². The number of amides is 1. The first-order valence-electron chi connectivity index (χ1n) is 8.92. The molecule has 0 radical (unpaired) electrons. The topological polar surface area (TPSA) is 41.4 Å². The predicted octanol–water partition coefficient (Wildman–Crippen LogP) is 2.67. The van der Waals surface area contributed by atoms with Crippen LogP contribution in [0.3, 0.4) is 0 Å². The van der Waals surface area contributed by atoms with E-state index in [1.165, 1.54) is 11.3 Å². The van der Waals surface area contributed by atoms with Crippen LogP contribution in [0.15, 0.2) is 0 Å². The highest BCUT2D eigenvalue weighted by Gasteiger charge is 2.50. The molecule has 2 aliphatic rings. The maximum atomic E-state index is 12.9. The first-order valence-corrected chi connectivity index (χ1v) is 8.92. The fraction of sp³-hybridized carbons (Fsp3) is 0.778. The SMILES string of the molecule is Cc1nn(C(C)C)c(C)c1CN1CCCC12CCCN(C)C2=O. The number of hydrogen-bond donors (Lipinski definition) is 0. The van der Waals surface area contributed by atoms with Gasteiger partial charge in [0.25, 0.3) is 0 Å². The number of nitrogens with zero attached hydrogens (tertiary/aromatic N) is 4. The lowest BCUT2D eigenvalue weighted by molar-refractivity contribution is -0.146. The average Bonchev–Trinajstić information content (AvgIpc) is 3.02. The van der Waals surface area contributed by atoms with Crippen LogP contribution in [0.25, 0.3) is 0 Å². The third kappa shape index (κ3) is 2.59. The lowest BCUT2D eigenvalue weighted by Gasteiger charge is -2.43. The van der Waals surface area contributed by atoms with Gasteiger partial charge in [-0.1, -0.05) is 0 Å². The molecule has 0 aliphatic carbocycles. The van der Waals surface area contributed by atoms with Crippen LogP contribution < -0.4 is 0 Å². The molecule has 2 fully saturated rings. The normalized spacial score (nSPS) is 26.0. The Kier molecular flexibility index (Phi) is 4.25. The van der Waals surface area contributed by atoms with Gasteiger partial charge < -0.3 is 4.90 Å². The highest BCUT2D eigenvalue weighted by atomic mass is 16.2. The van der Waals surface area contributed by atoms with Gasteiger partial charge in [-0.15, -0.1) is 0 Å². The second-order valence-electron chi connectivity index (χ2n) is 7.57. The zero-order valence-electron chi connectivity index (χ0n) is 15.2. The maximum Gasteiger partial charge on any atom is 0.242 e. The van der Waals surface area contributed by atoms with Crippen LogP contribution in [-0.2, 0) is 11.3 Å². The van der Waals surface area contributed by atoms with Gasteiger partial charge in [-0.05, 0) is 59.9 Å². The van der Waals surface area contributed by atoms with Gasteiger partial charge in [-0.25, -0.2) is 0 Å². The molecule has 0 N–H and O–H groups in total. The minimum atomic E-state index is -0.258. The summed E-state index contributed by atoms with van der Waals surface area (Å²) in [5, 5.41) is 4.71. The zero-order valence-corrected chi connectivity index (χ0v) is 15.2. The Morgan fingerprint density at radius 1 is 1.17 bits per heavy atom. The maximum absolute atomic E-state index is 12.9. The summed E-state index contributed by atoms with van der Waals surface area (Å²) in [6.07, 6.45) is 4.25. The van der Waals surface area contributed by atoms with Crippen LogP contribution in [0.5, 0.6) is 0 Å². The molecule has 0 aromatic carbocycles. The van der Waals surface area contributed by atoms with Crippen molar-refractivity contribution in [2.75, 3.05) is 20.1 Å². The molecule has 5 nitrogen and oxygen atoms in total. The van der Waals surface area contributed by atoms with Gasteiger partial charge in [0.1, 0.15) is 5.54 Å². The summed E-state index contributed by atoms with van der Waals surface area (Å²) in [5.74, 6) is 0.327. The quantitative estimate of drug-likeness (QED) is 0.860. The third-order valence-corrected chi connectivity index (χ3v) is 5.77. The third-order valence-electron chi connectivity index (χ3n) is 5.77. The summed E-state index contributed by atoms with van der Waals surface area (Å²) in [6.45, 7) is 11.4. The minimum Gasteiger partial charge on any atom is -0.344 e. The number of carbonyl (C=O) groups excluding carboxylic acids is 1. The van der Waals surface area contributed by atoms with Crippen molar-refractivity contribution < 1.29 is 4.79 Å². The first-order chi connectivity index (χ1) is 10.9. The molecule has 0 bridgehead atoms. The molecule has 1 aromatic rings. The molecular weight excluding hydrogens is 288 g/mol. The van der Waals surface area contributed by atoms with Gasteiger partial charge in [0.2, 0.25) is 5.91 Å². The van der Waals surface area contributed by atoms with Crippen LogP contribution >= 0.6 is 0 Å². The van der Waals surface area contributed by atoms with Gasteiger partial charge in [-0.3, -0.25) is 14.4 Å². The van der Waals surface area contributed by atoms with Gasteiger partial charge in [0.15, 0.2) is 0 Å². The van der Waals surface area contributed by atoms with E-state index in [1.54, 1.807) is 0 Å². The Balaban J connectivity index is 1.89. The van der Waals surface area contributed by atoms with E-state index in [0.29, 0.717) is 11.9 Å². The highest BCUT2D eigenvalue weighted by molar-refractivity contribution is 5.87. The molecular formula is C18H30N4O. The number of likely N-dealkylation sites (N-methyl/N-ethyl adjacent to an activating group) is 1. The fourth-order valence-electron chi connectivity index (χ4n) is 4.48. The number of carbonyl (C=O) groups is 1. The van der Waals surface area contributed by atoms with E-state index in [0.717, 1.165) is 51.0 Å². The Bertz CT molecular complexity index is 606. The summed E-state index contributed by atoms with van der Waals surface area (Å²) < 4.78 is 2.11. The van der Waals surface area contributed by atoms with Crippen molar-refractivity contribution in [2.45, 2.75) is 71.5 Å². The van der Waals surface area contributed by atoms with Crippen molar-refractivity contribution >= 4 is 5.91 Å². The number of piperidine rings is 1. The largest absolute Gasteiger partial charge is 0.344 e. The monoisotopic (exact) mass is 318 g/mol. The lowest BCUT2D eigenvalue weighted by atomic mass is 9.85. The summed E-state index contributed by atoms with van der Waals surface area (Å²) in [7, 11) is 1.95. The number of rotatable bonds is 3. The molecule has 1 atom stereocenters. The first kappa shape index (κ1) is 16.5. The Hall–Kier alpha value is -1.36. The Morgan fingerprint density at radius 3 is 2.43 bits per heavy atom. The average molecular weight is 318 g/mol. The van der Waals surface area contributed by atoms with Crippen molar-refractivity contribution in [3.8, 4) is 0 Å². The Labute approximate surface area is 139 Å². The molecule has 1 aromatic heterocycles. The van der Waals surface area contributed by atoms with E-state index >= 15 is 0 Å². The van der Waals surface area contributed by atoms with E-state index in [2.05, 4.69) is 37.3 Å². The number of aryl methyl sites for hydroxylation is 1. The lowest BCUT2D eigenvalue weighted by Crippen LogP contribution is -2.58. The molecule has 5 heteroatoms. The van der Waals surface area contributed by atoms with E-state index in [4.69, 9.17) is 5.10 Å². The summed E-state index contributed by atoms with van der Waals surface area (Å²) in [4.78, 5) is 17.3. The van der Waals surface area contributed by atoms with E-state index in [-0.39, 0.29) is 5.54 Å². The zero-order chi connectivity index (χ0) is 16.8. The molecule has 1 unspecified atom stereocenters. The molecule has 0 saturated carbocycles. The standard InChI is InChI=1S/C18H30N4O/c1-13(2)22-15(4)16(14(3)19-22)12-21-11-7-9-18(21)8-6-10-20(5)17(18)23/h13H,6-12H2,1-5H3. The van der Waals surface area contributed by atoms with Crippen molar-refractivity contribution in [3.63, 3.8) is 0 Å². The number of hydrogen-bond acceptors (Lipinski definition) is 3. The van der Waals surface area contributed by atoms with E-state index < -0.39 is 0 Å².